The number of urea groups is 1. The van der Waals surface area contributed by atoms with E-state index in [1.807, 2.05) is 50.6 Å². The molecular formula is C21H26N2O5S. The molecule has 0 spiro atoms. The van der Waals surface area contributed by atoms with Crippen LogP contribution in [0.2, 0.25) is 0 Å². The van der Waals surface area contributed by atoms with E-state index in [2.05, 4.69) is 5.32 Å². The van der Waals surface area contributed by atoms with Crippen molar-refractivity contribution in [2.45, 2.75) is 51.3 Å². The average molecular weight is 419 g/mol. The number of hydrogen-bond acceptors (Lipinski definition) is 5. The van der Waals surface area contributed by atoms with Crippen molar-refractivity contribution in [1.82, 2.24) is 4.72 Å². The number of nitrogens with one attached hydrogen (secondary N) is 2. The Hall–Kier alpha value is -2.87. The summed E-state index contributed by atoms with van der Waals surface area (Å²) < 4.78 is 27.2. The maximum absolute atomic E-state index is 12.6. The molecule has 0 saturated carbocycles. The summed E-state index contributed by atoms with van der Waals surface area (Å²) in [5.74, 6) is -0.573. The number of phenolic OH excluding ortho intramolecular Hbond substituents is 1. The number of Topliss-reactive ketones (excluding diaryl/α,β-unsaturated/α-hetero) is 1. The van der Waals surface area contributed by atoms with Crippen LogP contribution in [0.1, 0.15) is 67.9 Å². The summed E-state index contributed by atoms with van der Waals surface area (Å²) in [5.41, 5.74) is 2.24. The predicted molar refractivity (Wildman–Crippen MR) is 112 cm³/mol. The van der Waals surface area contributed by atoms with Gasteiger partial charge in [0.1, 0.15) is 5.75 Å². The van der Waals surface area contributed by atoms with Gasteiger partial charge >= 0.3 is 6.03 Å². The Kier molecular flexibility index (Phi) is 6.69. The van der Waals surface area contributed by atoms with Crippen molar-refractivity contribution >= 4 is 27.5 Å². The highest BCUT2D eigenvalue weighted by Gasteiger charge is 2.22. The third-order valence-electron chi connectivity index (χ3n) is 4.50. The molecule has 0 bridgehead atoms. The highest BCUT2D eigenvalue weighted by Crippen LogP contribution is 2.32. The normalized spacial score (nSPS) is 11.6. The lowest BCUT2D eigenvalue weighted by molar-refractivity contribution is 0.101. The highest BCUT2D eigenvalue weighted by atomic mass is 32.2. The molecule has 2 aromatic rings. The van der Waals surface area contributed by atoms with Gasteiger partial charge in [-0.1, -0.05) is 45.9 Å². The van der Waals surface area contributed by atoms with Gasteiger partial charge in [-0.15, -0.1) is 0 Å². The van der Waals surface area contributed by atoms with Gasteiger partial charge < -0.3 is 10.4 Å². The maximum Gasteiger partial charge on any atom is 0.333 e. The summed E-state index contributed by atoms with van der Waals surface area (Å²) in [7, 11) is -4.24. The molecule has 0 aliphatic carbocycles. The number of hydrogen-bond donors (Lipinski definition) is 3. The van der Waals surface area contributed by atoms with Crippen LogP contribution in [0.25, 0.3) is 0 Å². The lowest BCUT2D eigenvalue weighted by atomic mass is 9.93. The van der Waals surface area contributed by atoms with Gasteiger partial charge in [0, 0.05) is 5.69 Å². The van der Waals surface area contributed by atoms with E-state index in [4.69, 9.17) is 0 Å². The number of benzene rings is 2. The minimum Gasteiger partial charge on any atom is -0.507 e. The molecule has 0 fully saturated rings. The van der Waals surface area contributed by atoms with Gasteiger partial charge in [0.05, 0.1) is 10.5 Å². The molecule has 8 heteroatoms. The molecule has 2 rings (SSSR count). The molecule has 7 nitrogen and oxygen atoms in total. The van der Waals surface area contributed by atoms with Crippen LogP contribution in [0, 0.1) is 0 Å². The van der Waals surface area contributed by atoms with Crippen molar-refractivity contribution in [3.05, 3.63) is 53.1 Å². The molecule has 156 valence electrons. The molecule has 3 N–H and O–H groups in total. The first-order chi connectivity index (χ1) is 13.4. The summed E-state index contributed by atoms with van der Waals surface area (Å²) in [5, 5.41) is 12.4. The van der Waals surface area contributed by atoms with Crippen LogP contribution < -0.4 is 10.0 Å². The van der Waals surface area contributed by atoms with E-state index in [-0.39, 0.29) is 28.0 Å². The molecular weight excluding hydrogens is 392 g/mol. The fraction of sp³-hybridized carbons (Fsp3) is 0.333. The molecule has 29 heavy (non-hydrogen) atoms. The zero-order chi connectivity index (χ0) is 21.9. The number of sulfonamides is 1. The lowest BCUT2D eigenvalue weighted by Gasteiger charge is -2.20. The van der Waals surface area contributed by atoms with Crippen molar-refractivity contribution in [2.24, 2.45) is 0 Å². The standard InChI is InChI=1S/C21H26N2O5S/c1-12(2)16-7-6-8-17(13(3)4)20(16)22-21(26)23-29(27,28)15-9-10-19(25)18(11-15)14(5)24/h6-13,25H,1-5H3,(H2,22,23,26). The van der Waals surface area contributed by atoms with Gasteiger partial charge in [-0.05, 0) is 48.1 Å². The summed E-state index contributed by atoms with van der Waals surface area (Å²) in [6.07, 6.45) is 0. The zero-order valence-corrected chi connectivity index (χ0v) is 17.9. The molecule has 0 atom stereocenters. The smallest absolute Gasteiger partial charge is 0.333 e. The second-order valence-corrected chi connectivity index (χ2v) is 9.10. The topological polar surface area (TPSA) is 113 Å². The molecule has 0 aliphatic rings. The summed E-state index contributed by atoms with van der Waals surface area (Å²) in [4.78, 5) is 23.8. The molecule has 0 aromatic heterocycles. The van der Waals surface area contributed by atoms with Crippen LogP contribution >= 0.6 is 0 Å². The Labute approximate surface area is 171 Å². The maximum atomic E-state index is 12.6. The highest BCUT2D eigenvalue weighted by molar-refractivity contribution is 7.90. The molecule has 0 heterocycles. The number of para-hydroxylation sites is 1. The number of carbonyl (C=O) groups excluding carboxylic acids is 2. The average Bonchev–Trinajstić information content (AvgIpc) is 2.60. The van der Waals surface area contributed by atoms with E-state index in [1.165, 1.54) is 6.92 Å². The van der Waals surface area contributed by atoms with Crippen molar-refractivity contribution in [2.75, 3.05) is 5.32 Å². The third-order valence-corrected chi connectivity index (χ3v) is 5.82. The van der Waals surface area contributed by atoms with E-state index in [1.54, 1.807) is 0 Å². The second kappa shape index (κ2) is 8.65. The van der Waals surface area contributed by atoms with Crippen LogP contribution in [0.4, 0.5) is 10.5 Å². The van der Waals surface area contributed by atoms with Gasteiger partial charge in [-0.3, -0.25) is 4.79 Å². The van der Waals surface area contributed by atoms with Crippen molar-refractivity contribution in [3.8, 4) is 5.75 Å². The Morgan fingerprint density at radius 1 is 0.966 bits per heavy atom. The first kappa shape index (κ1) is 22.4. The molecule has 2 amide bonds. The van der Waals surface area contributed by atoms with Crippen LogP contribution in [0.15, 0.2) is 41.3 Å². The first-order valence-corrected chi connectivity index (χ1v) is 10.7. The molecule has 0 unspecified atom stereocenters. The Balaban J connectivity index is 2.34. The third kappa shape index (κ3) is 5.14. The molecule has 0 saturated heterocycles. The number of phenols is 1. The number of anilines is 1. The van der Waals surface area contributed by atoms with Crippen molar-refractivity contribution < 1.29 is 23.1 Å². The zero-order valence-electron chi connectivity index (χ0n) is 17.1. The SMILES string of the molecule is CC(=O)c1cc(S(=O)(=O)NC(=O)Nc2c(C(C)C)cccc2C(C)C)ccc1O. The monoisotopic (exact) mass is 418 g/mol. The van der Waals surface area contributed by atoms with Crippen LogP contribution in [-0.4, -0.2) is 25.3 Å². The van der Waals surface area contributed by atoms with Gasteiger partial charge in [0.15, 0.2) is 5.78 Å². The first-order valence-electron chi connectivity index (χ1n) is 9.24. The predicted octanol–water partition coefficient (Wildman–Crippen LogP) is 4.35. The Morgan fingerprint density at radius 3 is 2.00 bits per heavy atom. The molecule has 2 aromatic carbocycles. The van der Waals surface area contributed by atoms with Gasteiger partial charge in [0.25, 0.3) is 10.0 Å². The minimum absolute atomic E-state index is 0.121. The van der Waals surface area contributed by atoms with Crippen molar-refractivity contribution in [1.29, 1.82) is 0 Å². The van der Waals surface area contributed by atoms with Crippen LogP contribution in [0.3, 0.4) is 0 Å². The fourth-order valence-electron chi connectivity index (χ4n) is 2.98. The van der Waals surface area contributed by atoms with Crippen LogP contribution in [0.5, 0.6) is 5.75 Å². The molecule has 0 radical (unpaired) electrons. The number of carbonyl (C=O) groups is 2. The van der Waals surface area contributed by atoms with Crippen molar-refractivity contribution in [3.63, 3.8) is 0 Å². The number of ketones is 1. The quantitative estimate of drug-likeness (QED) is 0.604. The minimum atomic E-state index is -4.24. The number of rotatable bonds is 6. The van der Waals surface area contributed by atoms with E-state index in [0.717, 1.165) is 29.3 Å². The lowest BCUT2D eigenvalue weighted by Crippen LogP contribution is -2.35. The van der Waals surface area contributed by atoms with Gasteiger partial charge in [-0.25, -0.2) is 17.9 Å². The van der Waals surface area contributed by atoms with E-state index in [0.29, 0.717) is 5.69 Å². The number of amides is 2. The second-order valence-electron chi connectivity index (χ2n) is 7.42. The van der Waals surface area contributed by atoms with Gasteiger partial charge in [-0.2, -0.15) is 0 Å². The summed E-state index contributed by atoms with van der Waals surface area (Å²) in [6.45, 7) is 9.15. The number of aromatic hydroxyl groups is 1. The van der Waals surface area contributed by atoms with E-state index in [9.17, 15) is 23.1 Å². The largest absolute Gasteiger partial charge is 0.507 e. The summed E-state index contributed by atoms with van der Waals surface area (Å²) >= 11 is 0. The van der Waals surface area contributed by atoms with Crippen LogP contribution in [-0.2, 0) is 10.0 Å². The Bertz CT molecular complexity index is 1020. The van der Waals surface area contributed by atoms with E-state index >= 15 is 0 Å². The fourth-order valence-corrected chi connectivity index (χ4v) is 3.91. The molecule has 0 aliphatic heterocycles. The Morgan fingerprint density at radius 2 is 1.52 bits per heavy atom. The van der Waals surface area contributed by atoms with Gasteiger partial charge in [0.2, 0.25) is 0 Å². The van der Waals surface area contributed by atoms with E-state index < -0.39 is 21.8 Å². The summed E-state index contributed by atoms with van der Waals surface area (Å²) in [6, 6.07) is 8.05.